The highest BCUT2D eigenvalue weighted by atomic mass is 16.5. The average molecular weight is 443 g/mol. The highest BCUT2D eigenvalue weighted by Crippen LogP contribution is 2.34. The molecule has 0 aromatic heterocycles. The van der Waals surface area contributed by atoms with Gasteiger partial charge in [0.1, 0.15) is 11.3 Å². The van der Waals surface area contributed by atoms with Gasteiger partial charge < -0.3 is 23.9 Å². The van der Waals surface area contributed by atoms with Crippen molar-refractivity contribution < 1.29 is 28.9 Å². The van der Waals surface area contributed by atoms with Gasteiger partial charge in [-0.15, -0.1) is 0 Å². The number of aromatic amines is 1. The summed E-state index contributed by atoms with van der Waals surface area (Å²) in [6, 6.07) is 4.38. The molecule has 1 aromatic carbocycles. The number of fused-ring (bicyclic) bond motifs is 1. The molecule has 2 N–H and O–H groups in total. The van der Waals surface area contributed by atoms with Crippen LogP contribution in [-0.2, 0) is 9.53 Å². The number of nitrogens with zero attached hydrogens (tertiary/aromatic N) is 2. The van der Waals surface area contributed by atoms with Gasteiger partial charge in [-0.2, -0.15) is 5.10 Å². The number of benzene rings is 1. The van der Waals surface area contributed by atoms with Gasteiger partial charge in [0.2, 0.25) is 0 Å². The lowest BCUT2D eigenvalue weighted by Crippen LogP contribution is -2.19. The van der Waals surface area contributed by atoms with Crippen molar-refractivity contribution in [3.63, 3.8) is 0 Å². The first-order valence-corrected chi connectivity index (χ1v) is 9.95. The number of carbonyl (C=O) groups excluding carboxylic acids is 1. The summed E-state index contributed by atoms with van der Waals surface area (Å²) in [7, 11) is 2.71. The van der Waals surface area contributed by atoms with Crippen LogP contribution in [0, 0.1) is 5.92 Å². The smallest absolute Gasteiger partial charge is 0.341 e. The topological polar surface area (TPSA) is 133 Å². The number of esters is 1. The predicted octanol–water partition coefficient (Wildman–Crippen LogP) is 2.57. The number of carbonyl (C=O) groups is 2. The number of rotatable bonds is 9. The number of nitrogens with one attached hydrogen (secondary N) is 1. The fourth-order valence-corrected chi connectivity index (χ4v) is 3.32. The zero-order valence-corrected chi connectivity index (χ0v) is 18.2. The molecule has 1 aromatic rings. The number of methoxy groups -OCH3 is 2. The molecule has 1 atom stereocenters. The van der Waals surface area contributed by atoms with Crippen LogP contribution in [0.1, 0.15) is 42.2 Å². The van der Waals surface area contributed by atoms with Crippen LogP contribution in [-0.4, -0.2) is 52.6 Å². The molecular formula is C22H25N3O7. The van der Waals surface area contributed by atoms with E-state index in [2.05, 4.69) is 10.2 Å². The van der Waals surface area contributed by atoms with Crippen molar-refractivity contribution in [3.05, 3.63) is 52.1 Å². The highest BCUT2D eigenvalue weighted by Gasteiger charge is 2.26. The van der Waals surface area contributed by atoms with Crippen molar-refractivity contribution in [2.45, 2.75) is 26.3 Å². The van der Waals surface area contributed by atoms with E-state index in [4.69, 9.17) is 14.2 Å². The molecular weight excluding hydrogens is 418 g/mol. The Balaban J connectivity index is 2.13. The molecule has 0 saturated heterocycles. The Kier molecular flexibility index (Phi) is 6.82. The van der Waals surface area contributed by atoms with Crippen molar-refractivity contribution in [2.75, 3.05) is 20.8 Å². The van der Waals surface area contributed by atoms with Gasteiger partial charge in [0.15, 0.2) is 11.5 Å². The minimum Gasteiger partial charge on any atom is -0.493 e. The van der Waals surface area contributed by atoms with Crippen molar-refractivity contribution in [1.82, 2.24) is 14.8 Å². The highest BCUT2D eigenvalue weighted by molar-refractivity contribution is 5.96. The van der Waals surface area contributed by atoms with Gasteiger partial charge in [-0.05, 0) is 23.6 Å². The maximum Gasteiger partial charge on any atom is 0.341 e. The van der Waals surface area contributed by atoms with E-state index in [0.29, 0.717) is 29.6 Å². The number of carboxylic acids is 1. The number of hydrogen-bond acceptors (Lipinski definition) is 7. The van der Waals surface area contributed by atoms with Crippen LogP contribution in [0.3, 0.4) is 0 Å². The van der Waals surface area contributed by atoms with Gasteiger partial charge in [0.05, 0.1) is 38.9 Å². The standard InChI is InChI=1S/C22H25N3O7/c1-12(2)11-32-17-6-5-13(7-18(17)30-3)16(8-19(26)27)25-9-14-20(23-24-21(14)28)15(10-25)22(29)31-4/h5-7,9-10,12,16H,8,11H2,1-4H3,(H,24,28)(H,26,27)/t16-/m1/s1. The van der Waals surface area contributed by atoms with E-state index in [1.54, 1.807) is 18.2 Å². The molecule has 0 radical (unpaired) electrons. The van der Waals surface area contributed by atoms with E-state index in [0.717, 1.165) is 0 Å². The number of aliphatic carboxylic acids is 1. The molecule has 0 spiro atoms. The third kappa shape index (κ3) is 4.74. The number of pyridine rings is 1. The number of carboxylic acid groups (broad SMARTS) is 1. The van der Waals surface area contributed by atoms with Crippen LogP contribution in [0.2, 0.25) is 0 Å². The molecule has 0 amide bonds. The first-order valence-electron chi connectivity index (χ1n) is 9.95. The maximum atomic E-state index is 12.3. The third-order valence-corrected chi connectivity index (χ3v) is 4.86. The van der Waals surface area contributed by atoms with E-state index >= 15 is 0 Å². The lowest BCUT2D eigenvalue weighted by molar-refractivity contribution is -0.137. The molecule has 0 bridgehead atoms. The second-order valence-corrected chi connectivity index (χ2v) is 7.65. The number of hydrogen-bond donors (Lipinski definition) is 2. The Morgan fingerprint density at radius 2 is 1.94 bits per heavy atom. The van der Waals surface area contributed by atoms with E-state index in [9.17, 15) is 19.5 Å². The van der Waals surface area contributed by atoms with E-state index in [1.165, 1.54) is 31.2 Å². The Morgan fingerprint density at radius 1 is 1.19 bits per heavy atom. The Bertz CT molecular complexity index is 1150. The summed E-state index contributed by atoms with van der Waals surface area (Å²) < 4.78 is 17.5. The number of ether oxygens (including phenoxy) is 3. The first kappa shape index (κ1) is 22.9. The fraction of sp³-hybridized carbons (Fsp3) is 0.364. The molecule has 0 unspecified atom stereocenters. The Labute approximate surface area is 184 Å². The predicted molar refractivity (Wildman–Crippen MR) is 115 cm³/mol. The quantitative estimate of drug-likeness (QED) is 0.482. The van der Waals surface area contributed by atoms with Crippen LogP contribution >= 0.6 is 0 Å². The molecule has 0 fully saturated rings. The zero-order valence-electron chi connectivity index (χ0n) is 18.2. The van der Waals surface area contributed by atoms with E-state index in [1.807, 2.05) is 13.8 Å². The third-order valence-electron chi connectivity index (χ3n) is 4.86. The van der Waals surface area contributed by atoms with Crippen LogP contribution < -0.4 is 15.0 Å². The van der Waals surface area contributed by atoms with Gasteiger partial charge in [0.25, 0.3) is 5.56 Å². The Hall–Kier alpha value is -3.82. The van der Waals surface area contributed by atoms with Crippen molar-refractivity contribution in [2.24, 2.45) is 5.92 Å². The van der Waals surface area contributed by atoms with Gasteiger partial charge in [-0.25, -0.2) is 9.89 Å². The van der Waals surface area contributed by atoms with Crippen molar-refractivity contribution >= 4 is 11.9 Å². The number of H-pyrrole nitrogens is 1. The van der Waals surface area contributed by atoms with Crippen LogP contribution in [0.15, 0.2) is 35.4 Å². The van der Waals surface area contributed by atoms with Crippen molar-refractivity contribution in [1.29, 1.82) is 0 Å². The molecule has 2 aliphatic rings. The van der Waals surface area contributed by atoms with Gasteiger partial charge in [-0.1, -0.05) is 19.9 Å². The first-order chi connectivity index (χ1) is 15.2. The lowest BCUT2D eigenvalue weighted by atomic mass is 10.0. The van der Waals surface area contributed by atoms with Gasteiger partial charge in [0, 0.05) is 12.4 Å². The minimum atomic E-state index is -1.06. The van der Waals surface area contributed by atoms with Gasteiger partial charge in [-0.3, -0.25) is 9.59 Å². The summed E-state index contributed by atoms with van der Waals surface area (Å²) in [4.78, 5) is 36.2. The van der Waals surface area contributed by atoms with Crippen LogP contribution in [0.5, 0.6) is 11.5 Å². The van der Waals surface area contributed by atoms with E-state index in [-0.39, 0.29) is 23.2 Å². The SMILES string of the molecule is COC(=O)c1cn([C@H](CC(=O)O)c2ccc(OCC(C)C)c(OC)c2)cc2c(=O)[nH]nc1-2. The lowest BCUT2D eigenvalue weighted by Gasteiger charge is -2.23. The zero-order chi connectivity index (χ0) is 23.4. The molecule has 3 rings (SSSR count). The monoisotopic (exact) mass is 443 g/mol. The van der Waals surface area contributed by atoms with Crippen LogP contribution in [0.25, 0.3) is 11.3 Å². The Morgan fingerprint density at radius 3 is 2.56 bits per heavy atom. The largest absolute Gasteiger partial charge is 0.493 e. The van der Waals surface area contributed by atoms with Crippen LogP contribution in [0.4, 0.5) is 0 Å². The molecule has 2 aliphatic heterocycles. The molecule has 0 saturated carbocycles. The molecule has 0 aliphatic carbocycles. The maximum absolute atomic E-state index is 12.3. The molecule has 170 valence electrons. The summed E-state index contributed by atoms with van der Waals surface area (Å²) in [6.45, 7) is 4.54. The fourth-order valence-electron chi connectivity index (χ4n) is 3.32. The second-order valence-electron chi connectivity index (χ2n) is 7.65. The van der Waals surface area contributed by atoms with Gasteiger partial charge >= 0.3 is 11.9 Å². The van der Waals surface area contributed by atoms with Crippen molar-refractivity contribution in [3.8, 4) is 22.8 Å². The summed E-state index contributed by atoms with van der Waals surface area (Å²) in [6.07, 6.45) is 2.59. The normalized spacial score (nSPS) is 12.0. The summed E-state index contributed by atoms with van der Waals surface area (Å²) in [5.41, 5.74) is 0.442. The minimum absolute atomic E-state index is 0.0441. The summed E-state index contributed by atoms with van der Waals surface area (Å²) in [5.74, 6) is -0.460. The second kappa shape index (κ2) is 9.54. The molecule has 32 heavy (non-hydrogen) atoms. The molecule has 10 nitrogen and oxygen atoms in total. The number of aromatic nitrogens is 3. The molecule has 10 heteroatoms. The average Bonchev–Trinajstić information content (AvgIpc) is 3.15. The molecule has 2 heterocycles. The van der Waals surface area contributed by atoms with E-state index < -0.39 is 23.5 Å². The summed E-state index contributed by atoms with van der Waals surface area (Å²) in [5, 5.41) is 15.7. The summed E-state index contributed by atoms with van der Waals surface area (Å²) >= 11 is 0.